The van der Waals surface area contributed by atoms with Crippen molar-refractivity contribution >= 4 is 25.0 Å². The molecule has 2 aromatic rings. The Labute approximate surface area is 183 Å². The predicted octanol–water partition coefficient (Wildman–Crippen LogP) is 5.82. The Bertz CT molecular complexity index is 806. The van der Waals surface area contributed by atoms with Crippen molar-refractivity contribution in [1.29, 1.82) is 0 Å². The molecule has 0 saturated heterocycles. The molecule has 2 nitrogen and oxygen atoms in total. The van der Waals surface area contributed by atoms with Gasteiger partial charge in [0, 0.05) is 6.42 Å². The van der Waals surface area contributed by atoms with Crippen LogP contribution in [0, 0.1) is 0 Å². The summed E-state index contributed by atoms with van der Waals surface area (Å²) in [6, 6.07) is 21.5. The van der Waals surface area contributed by atoms with E-state index < -0.39 is 8.32 Å². The lowest BCUT2D eigenvalue weighted by Gasteiger charge is -2.42. The van der Waals surface area contributed by atoms with Crippen LogP contribution in [0.1, 0.15) is 53.9 Å². The third-order valence-corrected chi connectivity index (χ3v) is 10.6. The second-order valence-electron chi connectivity index (χ2n) is 8.98. The first kappa shape index (κ1) is 24.0. The number of carbonyl (C=O) groups is 1. The van der Waals surface area contributed by atoms with E-state index in [4.69, 9.17) is 4.43 Å². The Hall–Kier alpha value is -2.23. The topological polar surface area (TPSA) is 26.3 Å². The van der Waals surface area contributed by atoms with Crippen LogP contribution in [-0.4, -0.2) is 21.2 Å². The molecule has 0 saturated carbocycles. The summed E-state index contributed by atoms with van der Waals surface area (Å²) in [7, 11) is -2.47. The predicted molar refractivity (Wildman–Crippen MR) is 131 cm³/mol. The first-order chi connectivity index (χ1) is 14.3. The second kappa shape index (κ2) is 11.2. The maximum absolute atomic E-state index is 10.6. The van der Waals surface area contributed by atoms with Gasteiger partial charge in [0.15, 0.2) is 0 Å². The van der Waals surface area contributed by atoms with Crippen molar-refractivity contribution in [3.63, 3.8) is 0 Å². The van der Waals surface area contributed by atoms with Crippen LogP contribution in [0.25, 0.3) is 0 Å². The van der Waals surface area contributed by atoms with Crippen molar-refractivity contribution in [2.75, 3.05) is 6.61 Å². The van der Waals surface area contributed by atoms with Crippen molar-refractivity contribution in [2.24, 2.45) is 0 Å². The van der Waals surface area contributed by atoms with Gasteiger partial charge in [-0.05, 0) is 42.1 Å². The van der Waals surface area contributed by atoms with Gasteiger partial charge in [0.25, 0.3) is 8.32 Å². The van der Waals surface area contributed by atoms with Gasteiger partial charge in [-0.1, -0.05) is 105 Å². The van der Waals surface area contributed by atoms with Gasteiger partial charge in [-0.15, -0.1) is 0 Å². The highest BCUT2D eigenvalue weighted by Gasteiger charge is 2.49. The third-order valence-electron chi connectivity index (χ3n) is 5.59. The quantitative estimate of drug-likeness (QED) is 0.275. The van der Waals surface area contributed by atoms with Gasteiger partial charge in [-0.3, -0.25) is 0 Å². The molecule has 0 aliphatic heterocycles. The molecule has 0 atom stereocenters. The molecule has 2 rings (SSSR count). The van der Waals surface area contributed by atoms with Gasteiger partial charge < -0.3 is 9.22 Å². The molecule has 0 fully saturated rings. The molecule has 0 aliphatic rings. The SMILES string of the molecule is C/C(=C\CC/C(C)=C/CO[Si](c1ccccc1)(c1ccccc1)C(C)(C)C)CC=O. The summed E-state index contributed by atoms with van der Waals surface area (Å²) in [4.78, 5) is 10.6. The zero-order chi connectivity index (χ0) is 22.0. The van der Waals surface area contributed by atoms with E-state index in [1.807, 2.05) is 6.92 Å². The fraction of sp³-hybridized carbons (Fsp3) is 0.370. The first-order valence-corrected chi connectivity index (χ1v) is 12.7. The second-order valence-corrected chi connectivity index (χ2v) is 13.3. The van der Waals surface area contributed by atoms with Crippen LogP contribution in [0.5, 0.6) is 0 Å². The molecule has 30 heavy (non-hydrogen) atoms. The largest absolute Gasteiger partial charge is 0.404 e. The number of rotatable bonds is 10. The van der Waals surface area contributed by atoms with Gasteiger partial charge >= 0.3 is 0 Å². The van der Waals surface area contributed by atoms with E-state index in [-0.39, 0.29) is 5.04 Å². The van der Waals surface area contributed by atoms with Gasteiger partial charge in [0.2, 0.25) is 0 Å². The summed E-state index contributed by atoms with van der Waals surface area (Å²) >= 11 is 0. The molecule has 0 unspecified atom stereocenters. The van der Waals surface area contributed by atoms with E-state index in [2.05, 4.69) is 101 Å². The van der Waals surface area contributed by atoms with Gasteiger partial charge in [0.1, 0.15) is 6.29 Å². The van der Waals surface area contributed by atoms with Crippen LogP contribution < -0.4 is 10.4 Å². The number of allylic oxidation sites excluding steroid dienone is 3. The van der Waals surface area contributed by atoms with Crippen molar-refractivity contribution in [3.05, 3.63) is 84.0 Å². The number of carbonyl (C=O) groups excluding carboxylic acids is 1. The van der Waals surface area contributed by atoms with Crippen LogP contribution in [0.3, 0.4) is 0 Å². The molecule has 2 aromatic carbocycles. The van der Waals surface area contributed by atoms with E-state index in [0.29, 0.717) is 13.0 Å². The van der Waals surface area contributed by atoms with E-state index in [1.54, 1.807) is 0 Å². The number of benzene rings is 2. The fourth-order valence-electron chi connectivity index (χ4n) is 3.93. The highest BCUT2D eigenvalue weighted by Crippen LogP contribution is 2.36. The normalized spacial score (nSPS) is 13.4. The van der Waals surface area contributed by atoms with E-state index in [0.717, 1.165) is 24.7 Å². The zero-order valence-electron chi connectivity index (χ0n) is 19.2. The summed E-state index contributed by atoms with van der Waals surface area (Å²) in [5, 5.41) is 2.61. The maximum Gasteiger partial charge on any atom is 0.261 e. The van der Waals surface area contributed by atoms with Crippen LogP contribution >= 0.6 is 0 Å². The van der Waals surface area contributed by atoms with Gasteiger partial charge in [0.05, 0.1) is 6.61 Å². The van der Waals surface area contributed by atoms with Gasteiger partial charge in [-0.25, -0.2) is 0 Å². The Kier molecular flexibility index (Phi) is 9.01. The van der Waals surface area contributed by atoms with E-state index in [1.165, 1.54) is 15.9 Å². The lowest BCUT2D eigenvalue weighted by molar-refractivity contribution is -0.107. The highest BCUT2D eigenvalue weighted by molar-refractivity contribution is 6.99. The lowest BCUT2D eigenvalue weighted by Crippen LogP contribution is -2.66. The molecule has 0 spiro atoms. The Morgan fingerprint density at radius 1 is 0.867 bits per heavy atom. The highest BCUT2D eigenvalue weighted by atomic mass is 28.4. The average molecular weight is 421 g/mol. The monoisotopic (exact) mass is 420 g/mol. The number of hydrogen-bond donors (Lipinski definition) is 0. The fourth-order valence-corrected chi connectivity index (χ4v) is 8.42. The number of aldehydes is 1. The zero-order valence-corrected chi connectivity index (χ0v) is 20.2. The minimum absolute atomic E-state index is 0.00781. The molecule has 0 amide bonds. The lowest BCUT2D eigenvalue weighted by atomic mass is 10.1. The maximum atomic E-state index is 10.6. The van der Waals surface area contributed by atoms with E-state index in [9.17, 15) is 4.79 Å². The molecule has 160 valence electrons. The number of hydrogen-bond acceptors (Lipinski definition) is 2. The Morgan fingerprint density at radius 3 is 1.87 bits per heavy atom. The Balaban J connectivity index is 2.27. The van der Waals surface area contributed by atoms with Crippen molar-refractivity contribution < 1.29 is 9.22 Å². The minimum atomic E-state index is -2.47. The molecule has 0 bridgehead atoms. The van der Waals surface area contributed by atoms with Crippen LogP contribution in [0.4, 0.5) is 0 Å². The third kappa shape index (κ3) is 6.13. The van der Waals surface area contributed by atoms with Crippen LogP contribution in [0.2, 0.25) is 5.04 Å². The molecule has 0 aliphatic carbocycles. The molecule has 0 N–H and O–H groups in total. The van der Waals surface area contributed by atoms with Crippen LogP contribution in [0.15, 0.2) is 84.0 Å². The summed E-state index contributed by atoms with van der Waals surface area (Å²) in [5.41, 5.74) is 2.46. The molecule has 0 heterocycles. The molecule has 0 aromatic heterocycles. The van der Waals surface area contributed by atoms with Crippen molar-refractivity contribution in [1.82, 2.24) is 0 Å². The first-order valence-electron chi connectivity index (χ1n) is 10.8. The molecular weight excluding hydrogens is 384 g/mol. The minimum Gasteiger partial charge on any atom is -0.404 e. The van der Waals surface area contributed by atoms with Crippen molar-refractivity contribution in [3.8, 4) is 0 Å². The molecule has 3 heteroatoms. The Morgan fingerprint density at radius 2 is 1.40 bits per heavy atom. The average Bonchev–Trinajstić information content (AvgIpc) is 2.72. The molecular formula is C27H36O2Si. The van der Waals surface area contributed by atoms with Gasteiger partial charge in [-0.2, -0.15) is 0 Å². The van der Waals surface area contributed by atoms with E-state index >= 15 is 0 Å². The summed E-state index contributed by atoms with van der Waals surface area (Å²) in [6.45, 7) is 11.7. The summed E-state index contributed by atoms with van der Waals surface area (Å²) in [5.74, 6) is 0. The van der Waals surface area contributed by atoms with Crippen molar-refractivity contribution in [2.45, 2.75) is 58.9 Å². The summed E-state index contributed by atoms with van der Waals surface area (Å²) < 4.78 is 6.90. The smallest absolute Gasteiger partial charge is 0.261 e. The standard InChI is InChI=1S/C27H36O2Si/c1-23(19-21-28)13-12-14-24(2)20-22-29-30(27(3,4)5,25-15-8-6-9-16-25)26-17-10-7-11-18-26/h6-11,13,15-18,20-21H,12,14,19,22H2,1-5H3/b23-13+,24-20+. The van der Waals surface area contributed by atoms with Crippen LogP contribution in [-0.2, 0) is 9.22 Å². The molecule has 0 radical (unpaired) electrons. The summed E-state index contributed by atoms with van der Waals surface area (Å²) in [6.07, 6.45) is 7.82.